The molecule has 2 fully saturated rings. The molecule has 0 bridgehead atoms. The number of sulfone groups is 1. The van der Waals surface area contributed by atoms with Crippen molar-refractivity contribution in [1.82, 2.24) is 9.80 Å². The minimum absolute atomic E-state index is 0.0824. The van der Waals surface area contributed by atoms with Crippen molar-refractivity contribution in [2.45, 2.75) is 50.6 Å². The van der Waals surface area contributed by atoms with Crippen LogP contribution < -0.4 is 0 Å². The summed E-state index contributed by atoms with van der Waals surface area (Å²) in [6.45, 7) is 1.08. The van der Waals surface area contributed by atoms with E-state index in [1.54, 1.807) is 0 Å². The molecule has 3 rings (SSSR count). The molecule has 0 aromatic carbocycles. The average Bonchev–Trinajstić information content (AvgIpc) is 2.89. The van der Waals surface area contributed by atoms with Crippen LogP contribution in [0.5, 0.6) is 0 Å². The number of nitrogens with zero attached hydrogens (tertiary/aromatic N) is 2. The van der Waals surface area contributed by atoms with Crippen LogP contribution in [-0.2, 0) is 14.6 Å². The molecule has 1 saturated carbocycles. The SMILES string of the molecule is O=C(CN1C=CC=CC1)N(C1CCCCC1)C1CCS(=O)(=O)C1. The molecule has 1 saturated heterocycles. The Hall–Kier alpha value is -1.30. The second kappa shape index (κ2) is 7.07. The first-order valence-corrected chi connectivity index (χ1v) is 10.5. The van der Waals surface area contributed by atoms with Gasteiger partial charge in [-0.3, -0.25) is 4.79 Å². The van der Waals surface area contributed by atoms with E-state index >= 15 is 0 Å². The van der Waals surface area contributed by atoms with Crippen molar-refractivity contribution in [3.05, 3.63) is 24.4 Å². The summed E-state index contributed by atoms with van der Waals surface area (Å²) >= 11 is 0. The lowest BCUT2D eigenvalue weighted by Gasteiger charge is -2.39. The van der Waals surface area contributed by atoms with Gasteiger partial charge >= 0.3 is 0 Å². The Morgan fingerprint density at radius 2 is 1.87 bits per heavy atom. The number of carbonyl (C=O) groups excluding carboxylic acids is 1. The lowest BCUT2D eigenvalue weighted by Crippen LogP contribution is -2.51. The van der Waals surface area contributed by atoms with Crippen molar-refractivity contribution in [2.75, 3.05) is 24.6 Å². The molecular weight excluding hydrogens is 312 g/mol. The van der Waals surface area contributed by atoms with Crippen LogP contribution in [0, 0.1) is 0 Å². The molecule has 0 spiro atoms. The zero-order valence-corrected chi connectivity index (χ0v) is 14.4. The molecule has 3 aliphatic rings. The third-order valence-electron chi connectivity index (χ3n) is 5.08. The van der Waals surface area contributed by atoms with E-state index in [-0.39, 0.29) is 29.5 Å². The number of hydrogen-bond acceptors (Lipinski definition) is 4. The van der Waals surface area contributed by atoms with E-state index in [0.717, 1.165) is 32.2 Å². The third-order valence-corrected chi connectivity index (χ3v) is 6.83. The van der Waals surface area contributed by atoms with Gasteiger partial charge in [0.1, 0.15) is 0 Å². The summed E-state index contributed by atoms with van der Waals surface area (Å²) in [4.78, 5) is 16.9. The molecule has 1 unspecified atom stereocenters. The molecule has 1 atom stereocenters. The second-order valence-corrected chi connectivity index (χ2v) is 9.08. The third kappa shape index (κ3) is 4.16. The second-order valence-electron chi connectivity index (χ2n) is 6.85. The monoisotopic (exact) mass is 338 g/mol. The van der Waals surface area contributed by atoms with E-state index in [0.29, 0.717) is 13.0 Å². The van der Waals surface area contributed by atoms with Crippen molar-refractivity contribution in [2.24, 2.45) is 0 Å². The molecule has 0 radical (unpaired) electrons. The molecule has 5 nitrogen and oxygen atoms in total. The first-order chi connectivity index (χ1) is 11.1. The van der Waals surface area contributed by atoms with Crippen LogP contribution in [0.2, 0.25) is 0 Å². The summed E-state index contributed by atoms with van der Waals surface area (Å²) < 4.78 is 23.7. The Labute approximate surface area is 138 Å². The van der Waals surface area contributed by atoms with Gasteiger partial charge in [-0.2, -0.15) is 0 Å². The van der Waals surface area contributed by atoms with E-state index in [4.69, 9.17) is 0 Å². The topological polar surface area (TPSA) is 57.7 Å². The molecule has 6 heteroatoms. The predicted molar refractivity (Wildman–Crippen MR) is 90.6 cm³/mol. The molecule has 128 valence electrons. The van der Waals surface area contributed by atoms with Crippen LogP contribution in [-0.4, -0.2) is 60.8 Å². The summed E-state index contributed by atoms with van der Waals surface area (Å²) in [6.07, 6.45) is 14.0. The largest absolute Gasteiger partial charge is 0.364 e. The van der Waals surface area contributed by atoms with Crippen LogP contribution in [0.3, 0.4) is 0 Å². The molecule has 0 aromatic rings. The average molecular weight is 338 g/mol. The summed E-state index contributed by atoms with van der Waals surface area (Å²) in [5.74, 6) is 0.449. The number of hydrogen-bond donors (Lipinski definition) is 0. The smallest absolute Gasteiger partial charge is 0.242 e. The predicted octanol–water partition coefficient (Wildman–Crippen LogP) is 1.72. The summed E-state index contributed by atoms with van der Waals surface area (Å²) in [7, 11) is -2.98. The van der Waals surface area contributed by atoms with Crippen LogP contribution in [0.15, 0.2) is 24.4 Å². The number of carbonyl (C=O) groups is 1. The van der Waals surface area contributed by atoms with Gasteiger partial charge < -0.3 is 9.80 Å². The van der Waals surface area contributed by atoms with Crippen LogP contribution in [0.1, 0.15) is 38.5 Å². The fourth-order valence-corrected chi connectivity index (χ4v) is 5.65. The maximum atomic E-state index is 12.9. The number of allylic oxidation sites excluding steroid dienone is 2. The van der Waals surface area contributed by atoms with Crippen molar-refractivity contribution < 1.29 is 13.2 Å². The quantitative estimate of drug-likeness (QED) is 0.783. The van der Waals surface area contributed by atoms with Crippen LogP contribution in [0.4, 0.5) is 0 Å². The summed E-state index contributed by atoms with van der Waals surface area (Å²) in [6, 6.07) is 0.0961. The highest BCUT2D eigenvalue weighted by atomic mass is 32.2. The maximum Gasteiger partial charge on any atom is 0.242 e. The summed E-state index contributed by atoms with van der Waals surface area (Å²) in [5.41, 5.74) is 0. The first kappa shape index (κ1) is 16.6. The van der Waals surface area contributed by atoms with Crippen LogP contribution in [0.25, 0.3) is 0 Å². The van der Waals surface area contributed by atoms with Gasteiger partial charge in [-0.15, -0.1) is 0 Å². The Balaban J connectivity index is 1.72. The highest BCUT2D eigenvalue weighted by Gasteiger charge is 2.38. The van der Waals surface area contributed by atoms with Gasteiger partial charge in [-0.1, -0.05) is 31.4 Å². The molecule has 2 heterocycles. The molecular formula is C17H26N2O3S. The van der Waals surface area contributed by atoms with Crippen molar-refractivity contribution in [1.29, 1.82) is 0 Å². The van der Waals surface area contributed by atoms with E-state index in [1.165, 1.54) is 6.42 Å². The van der Waals surface area contributed by atoms with E-state index < -0.39 is 9.84 Å². The Bertz CT molecular complexity index is 591. The van der Waals surface area contributed by atoms with Gasteiger partial charge in [-0.25, -0.2) is 8.42 Å². The molecule has 0 aromatic heterocycles. The molecule has 1 amide bonds. The lowest BCUT2D eigenvalue weighted by atomic mass is 9.92. The summed E-state index contributed by atoms with van der Waals surface area (Å²) in [5, 5.41) is 0. The van der Waals surface area contributed by atoms with Crippen LogP contribution >= 0.6 is 0 Å². The van der Waals surface area contributed by atoms with Gasteiger partial charge in [-0.05, 0) is 31.5 Å². The van der Waals surface area contributed by atoms with Gasteiger partial charge in [0.05, 0.1) is 18.1 Å². The fraction of sp³-hybridized carbons (Fsp3) is 0.706. The number of amides is 1. The molecule has 2 aliphatic heterocycles. The van der Waals surface area contributed by atoms with Crippen molar-refractivity contribution >= 4 is 15.7 Å². The van der Waals surface area contributed by atoms with E-state index in [9.17, 15) is 13.2 Å². The Morgan fingerprint density at radius 1 is 1.09 bits per heavy atom. The maximum absolute atomic E-state index is 12.9. The van der Waals surface area contributed by atoms with E-state index in [1.807, 2.05) is 34.2 Å². The highest BCUT2D eigenvalue weighted by molar-refractivity contribution is 7.91. The molecule has 23 heavy (non-hydrogen) atoms. The molecule has 0 N–H and O–H groups in total. The van der Waals surface area contributed by atoms with Crippen molar-refractivity contribution in [3.8, 4) is 0 Å². The standard InChI is InChI=1S/C17H26N2O3S/c20-17(13-18-10-5-2-6-11-18)19(15-7-3-1-4-8-15)16-9-12-23(21,22)14-16/h2,5-6,10,15-16H,1,3-4,7-9,11-14H2. The number of rotatable bonds is 4. The Kier molecular flexibility index (Phi) is 5.09. The first-order valence-electron chi connectivity index (χ1n) is 8.64. The zero-order valence-electron chi connectivity index (χ0n) is 13.6. The lowest BCUT2D eigenvalue weighted by molar-refractivity contribution is -0.137. The molecule has 1 aliphatic carbocycles. The van der Waals surface area contributed by atoms with E-state index in [2.05, 4.69) is 0 Å². The van der Waals surface area contributed by atoms with Crippen molar-refractivity contribution in [3.63, 3.8) is 0 Å². The minimum atomic E-state index is -2.98. The Morgan fingerprint density at radius 3 is 2.48 bits per heavy atom. The van der Waals surface area contributed by atoms with Gasteiger partial charge in [0.25, 0.3) is 0 Å². The minimum Gasteiger partial charge on any atom is -0.364 e. The fourth-order valence-electron chi connectivity index (χ4n) is 3.94. The van der Waals surface area contributed by atoms with Gasteiger partial charge in [0, 0.05) is 18.6 Å². The van der Waals surface area contributed by atoms with Gasteiger partial charge in [0.15, 0.2) is 9.84 Å². The highest BCUT2D eigenvalue weighted by Crippen LogP contribution is 2.28. The normalized spacial score (nSPS) is 27.3. The zero-order chi connectivity index (χ0) is 16.3. The van der Waals surface area contributed by atoms with Gasteiger partial charge in [0.2, 0.25) is 5.91 Å².